The van der Waals surface area contributed by atoms with E-state index in [0.29, 0.717) is 23.6 Å². The van der Waals surface area contributed by atoms with E-state index in [4.69, 9.17) is 9.47 Å². The largest absolute Gasteiger partial charge is 0.454 e. The monoisotopic (exact) mass is 376 g/mol. The van der Waals surface area contributed by atoms with Crippen LogP contribution in [0.15, 0.2) is 18.2 Å². The van der Waals surface area contributed by atoms with Gasteiger partial charge < -0.3 is 29.9 Å². The van der Waals surface area contributed by atoms with Gasteiger partial charge in [0.2, 0.25) is 12.7 Å². The van der Waals surface area contributed by atoms with Gasteiger partial charge in [0.05, 0.1) is 6.54 Å². The van der Waals surface area contributed by atoms with E-state index in [-0.39, 0.29) is 25.2 Å². The molecular formula is C19H28N4O4. The summed E-state index contributed by atoms with van der Waals surface area (Å²) in [6.07, 6.45) is 0.911. The fraction of sp³-hybridized carbons (Fsp3) is 0.579. The van der Waals surface area contributed by atoms with Crippen molar-refractivity contribution >= 4 is 11.8 Å². The Hall–Kier alpha value is -2.32. The van der Waals surface area contributed by atoms with Gasteiger partial charge in [-0.2, -0.15) is 0 Å². The van der Waals surface area contributed by atoms with E-state index in [0.717, 1.165) is 45.7 Å². The van der Waals surface area contributed by atoms with Crippen LogP contribution in [0.4, 0.5) is 0 Å². The zero-order chi connectivity index (χ0) is 19.1. The number of carbonyl (C=O) groups excluding carboxylic acids is 2. The molecule has 0 aliphatic carbocycles. The third kappa shape index (κ3) is 5.58. The van der Waals surface area contributed by atoms with Crippen molar-refractivity contribution in [2.75, 3.05) is 59.2 Å². The molecule has 2 amide bonds. The van der Waals surface area contributed by atoms with Gasteiger partial charge in [-0.05, 0) is 37.7 Å². The summed E-state index contributed by atoms with van der Waals surface area (Å²) in [6.45, 7) is 9.45. The van der Waals surface area contributed by atoms with Crippen molar-refractivity contribution in [3.8, 4) is 11.5 Å². The summed E-state index contributed by atoms with van der Waals surface area (Å²) < 4.78 is 10.5. The Bertz CT molecular complexity index is 659. The molecule has 0 aromatic heterocycles. The highest BCUT2D eigenvalue weighted by Crippen LogP contribution is 2.32. The molecule has 3 rings (SSSR count). The lowest BCUT2D eigenvalue weighted by molar-refractivity contribution is -0.120. The summed E-state index contributed by atoms with van der Waals surface area (Å²) >= 11 is 0. The Morgan fingerprint density at radius 1 is 1.04 bits per heavy atom. The number of fused-ring (bicyclic) bond motifs is 1. The maximum Gasteiger partial charge on any atom is 0.251 e. The molecule has 0 radical (unpaired) electrons. The smallest absolute Gasteiger partial charge is 0.251 e. The van der Waals surface area contributed by atoms with E-state index in [1.165, 1.54) is 0 Å². The lowest BCUT2D eigenvalue weighted by Gasteiger charge is -2.33. The normalized spacial score (nSPS) is 16.9. The van der Waals surface area contributed by atoms with Crippen LogP contribution in [0.25, 0.3) is 0 Å². The van der Waals surface area contributed by atoms with Gasteiger partial charge >= 0.3 is 0 Å². The Morgan fingerprint density at radius 2 is 1.78 bits per heavy atom. The minimum atomic E-state index is -0.308. The second kappa shape index (κ2) is 9.57. The van der Waals surface area contributed by atoms with Gasteiger partial charge in [-0.25, -0.2) is 0 Å². The van der Waals surface area contributed by atoms with E-state index in [2.05, 4.69) is 27.4 Å². The average Bonchev–Trinajstić information content (AvgIpc) is 3.17. The number of hydrogen-bond donors (Lipinski definition) is 2. The minimum absolute atomic E-state index is 0.0392. The molecule has 2 heterocycles. The number of nitrogens with zero attached hydrogens (tertiary/aromatic N) is 2. The third-order valence-electron chi connectivity index (χ3n) is 4.93. The molecule has 0 spiro atoms. The number of piperazine rings is 1. The number of amides is 2. The predicted molar refractivity (Wildman–Crippen MR) is 101 cm³/mol. The molecule has 148 valence electrons. The molecular weight excluding hydrogens is 348 g/mol. The van der Waals surface area contributed by atoms with Crippen LogP contribution < -0.4 is 20.1 Å². The molecule has 2 aliphatic heterocycles. The Balaban J connectivity index is 1.29. The van der Waals surface area contributed by atoms with Crippen molar-refractivity contribution in [3.63, 3.8) is 0 Å². The van der Waals surface area contributed by atoms with Gasteiger partial charge in [-0.15, -0.1) is 0 Å². The van der Waals surface area contributed by atoms with Gasteiger partial charge in [0.15, 0.2) is 11.5 Å². The van der Waals surface area contributed by atoms with E-state index in [1.54, 1.807) is 18.2 Å². The van der Waals surface area contributed by atoms with Crippen LogP contribution in [0.1, 0.15) is 23.7 Å². The molecule has 8 heteroatoms. The van der Waals surface area contributed by atoms with Crippen molar-refractivity contribution in [1.82, 2.24) is 20.4 Å². The highest BCUT2D eigenvalue weighted by Gasteiger charge is 2.17. The molecule has 2 aliphatic rings. The van der Waals surface area contributed by atoms with Gasteiger partial charge in [0.25, 0.3) is 5.91 Å². The Morgan fingerprint density at radius 3 is 2.56 bits per heavy atom. The van der Waals surface area contributed by atoms with Gasteiger partial charge in [-0.1, -0.05) is 6.92 Å². The minimum Gasteiger partial charge on any atom is -0.454 e. The molecule has 1 saturated heterocycles. The number of carbonyl (C=O) groups is 2. The molecule has 0 bridgehead atoms. The fourth-order valence-corrected chi connectivity index (χ4v) is 3.22. The fourth-order valence-electron chi connectivity index (χ4n) is 3.22. The Kier molecular flexibility index (Phi) is 6.89. The first-order valence-electron chi connectivity index (χ1n) is 9.55. The standard InChI is InChI=1S/C19H28N4O4/c1-2-22-8-10-23(11-9-22)7-3-6-20-18(24)13-21-19(25)15-4-5-16-17(12-15)27-14-26-16/h4-5,12H,2-3,6-11,13-14H2,1H3,(H,20,24)(H,21,25). The lowest BCUT2D eigenvalue weighted by Crippen LogP contribution is -2.46. The maximum atomic E-state index is 12.1. The van der Waals surface area contributed by atoms with Gasteiger partial charge in [0.1, 0.15) is 0 Å². The number of nitrogens with one attached hydrogen (secondary N) is 2. The lowest BCUT2D eigenvalue weighted by atomic mass is 10.2. The number of hydrogen-bond acceptors (Lipinski definition) is 6. The highest BCUT2D eigenvalue weighted by molar-refractivity contribution is 5.97. The van der Waals surface area contributed by atoms with Crippen LogP contribution in [0.5, 0.6) is 11.5 Å². The summed E-state index contributed by atoms with van der Waals surface area (Å²) in [7, 11) is 0. The molecule has 0 unspecified atom stereocenters. The van der Waals surface area contributed by atoms with E-state index in [9.17, 15) is 9.59 Å². The van der Waals surface area contributed by atoms with Gasteiger partial charge in [-0.3, -0.25) is 9.59 Å². The van der Waals surface area contributed by atoms with Crippen molar-refractivity contribution in [3.05, 3.63) is 23.8 Å². The van der Waals surface area contributed by atoms with Crippen LogP contribution in [0.2, 0.25) is 0 Å². The van der Waals surface area contributed by atoms with E-state index < -0.39 is 0 Å². The molecule has 1 aromatic rings. The SMILES string of the molecule is CCN1CCN(CCCNC(=O)CNC(=O)c2ccc3c(c2)OCO3)CC1. The maximum absolute atomic E-state index is 12.1. The Labute approximate surface area is 159 Å². The van der Waals surface area contributed by atoms with Crippen molar-refractivity contribution < 1.29 is 19.1 Å². The molecule has 0 saturated carbocycles. The predicted octanol–water partition coefficient (Wildman–Crippen LogP) is 0.289. The van der Waals surface area contributed by atoms with E-state index >= 15 is 0 Å². The summed E-state index contributed by atoms with van der Waals surface area (Å²) in [5.74, 6) is 0.685. The quantitative estimate of drug-likeness (QED) is 0.635. The van der Waals surface area contributed by atoms with Crippen LogP contribution in [0.3, 0.4) is 0 Å². The molecule has 1 fully saturated rings. The summed E-state index contributed by atoms with van der Waals surface area (Å²) in [6, 6.07) is 4.96. The van der Waals surface area contributed by atoms with Crippen molar-refractivity contribution in [2.24, 2.45) is 0 Å². The molecule has 0 atom stereocenters. The second-order valence-electron chi connectivity index (χ2n) is 6.73. The number of benzene rings is 1. The van der Waals surface area contributed by atoms with Gasteiger partial charge in [0, 0.05) is 38.3 Å². The zero-order valence-electron chi connectivity index (χ0n) is 15.8. The summed E-state index contributed by atoms with van der Waals surface area (Å²) in [4.78, 5) is 28.9. The molecule has 1 aromatic carbocycles. The van der Waals surface area contributed by atoms with Crippen molar-refractivity contribution in [2.45, 2.75) is 13.3 Å². The molecule has 8 nitrogen and oxygen atoms in total. The molecule has 27 heavy (non-hydrogen) atoms. The van der Waals surface area contributed by atoms with Crippen LogP contribution in [-0.4, -0.2) is 80.8 Å². The van der Waals surface area contributed by atoms with Crippen LogP contribution in [-0.2, 0) is 4.79 Å². The first-order valence-corrected chi connectivity index (χ1v) is 9.55. The average molecular weight is 376 g/mol. The summed E-state index contributed by atoms with van der Waals surface area (Å²) in [5.41, 5.74) is 0.443. The van der Waals surface area contributed by atoms with Crippen molar-refractivity contribution in [1.29, 1.82) is 0 Å². The topological polar surface area (TPSA) is 83.1 Å². The second-order valence-corrected chi connectivity index (χ2v) is 6.73. The number of ether oxygens (including phenoxy) is 2. The van der Waals surface area contributed by atoms with Crippen LogP contribution >= 0.6 is 0 Å². The summed E-state index contributed by atoms with van der Waals surface area (Å²) in [5, 5.41) is 5.48. The highest BCUT2D eigenvalue weighted by atomic mass is 16.7. The first kappa shape index (κ1) is 19.4. The van der Waals surface area contributed by atoms with Crippen LogP contribution in [0, 0.1) is 0 Å². The van der Waals surface area contributed by atoms with E-state index in [1.807, 2.05) is 0 Å². The third-order valence-corrected chi connectivity index (χ3v) is 4.93. The number of likely N-dealkylation sites (N-methyl/N-ethyl adjacent to an activating group) is 1. The number of rotatable bonds is 8. The first-order chi connectivity index (χ1) is 13.2. The zero-order valence-corrected chi connectivity index (χ0v) is 15.8. The molecule has 2 N–H and O–H groups in total.